The molecule has 1 aromatic carbocycles. The van der Waals surface area contributed by atoms with E-state index >= 15 is 0 Å². The van der Waals surface area contributed by atoms with Gasteiger partial charge in [-0.25, -0.2) is 10.3 Å². The summed E-state index contributed by atoms with van der Waals surface area (Å²) in [5.74, 6) is -0.691. The number of anilines is 1. The van der Waals surface area contributed by atoms with Crippen LogP contribution in [0.15, 0.2) is 24.3 Å². The molecule has 0 atom stereocenters. The van der Waals surface area contributed by atoms with Crippen molar-refractivity contribution < 1.29 is 29.1 Å². The highest BCUT2D eigenvalue weighted by Gasteiger charge is 2.27. The number of likely N-dealkylation sites (tertiary alicyclic amines) is 1. The molecule has 0 spiro atoms. The van der Waals surface area contributed by atoms with Crippen molar-refractivity contribution in [1.82, 2.24) is 15.7 Å². The fourth-order valence-electron chi connectivity index (χ4n) is 3.71. The summed E-state index contributed by atoms with van der Waals surface area (Å²) in [5.41, 5.74) is 2.19. The van der Waals surface area contributed by atoms with Gasteiger partial charge >= 0.3 is 6.09 Å². The normalized spacial score (nSPS) is 14.2. The van der Waals surface area contributed by atoms with Crippen molar-refractivity contribution in [2.75, 3.05) is 18.4 Å². The van der Waals surface area contributed by atoms with E-state index in [2.05, 4.69) is 10.6 Å². The Hall–Kier alpha value is -3.14. The van der Waals surface area contributed by atoms with Gasteiger partial charge in [-0.1, -0.05) is 12.8 Å². The van der Waals surface area contributed by atoms with Crippen molar-refractivity contribution in [2.24, 2.45) is 0 Å². The first kappa shape index (κ1) is 28.1. The van der Waals surface area contributed by atoms with Gasteiger partial charge in [-0.15, -0.1) is 0 Å². The first-order chi connectivity index (χ1) is 16.6. The average molecular weight is 491 g/mol. The fourth-order valence-corrected chi connectivity index (χ4v) is 3.71. The van der Waals surface area contributed by atoms with Crippen LogP contribution in [0.4, 0.5) is 10.5 Å². The highest BCUT2D eigenvalue weighted by atomic mass is 16.6. The molecule has 0 aromatic heterocycles. The molecule has 0 unspecified atom stereocenters. The zero-order chi connectivity index (χ0) is 25.8. The van der Waals surface area contributed by atoms with E-state index in [4.69, 9.17) is 9.94 Å². The molecule has 1 saturated heterocycles. The van der Waals surface area contributed by atoms with E-state index in [1.807, 2.05) is 20.8 Å². The van der Waals surface area contributed by atoms with E-state index in [1.165, 1.54) is 0 Å². The number of benzene rings is 1. The van der Waals surface area contributed by atoms with Gasteiger partial charge < -0.3 is 20.3 Å². The lowest BCUT2D eigenvalue weighted by molar-refractivity contribution is -0.129. The Morgan fingerprint density at radius 2 is 1.51 bits per heavy atom. The number of piperidine rings is 1. The quantitative estimate of drug-likeness (QED) is 0.225. The van der Waals surface area contributed by atoms with Crippen LogP contribution in [0, 0.1) is 0 Å². The van der Waals surface area contributed by atoms with Gasteiger partial charge in [0.05, 0.1) is 0 Å². The molecule has 4 amide bonds. The Labute approximate surface area is 206 Å². The van der Waals surface area contributed by atoms with Gasteiger partial charge in [-0.2, -0.15) is 0 Å². The lowest BCUT2D eigenvalue weighted by atomic mass is 10.0. The van der Waals surface area contributed by atoms with Crippen LogP contribution >= 0.6 is 0 Å². The Kier molecular flexibility index (Phi) is 11.0. The second-order valence-corrected chi connectivity index (χ2v) is 9.79. The van der Waals surface area contributed by atoms with Crippen LogP contribution in [0.5, 0.6) is 0 Å². The summed E-state index contributed by atoms with van der Waals surface area (Å²) < 4.78 is 5.40. The number of carbonyl (C=O) groups excluding carboxylic acids is 4. The number of nitrogens with one attached hydrogen (secondary N) is 3. The molecule has 2 rings (SSSR count). The highest BCUT2D eigenvalue weighted by molar-refractivity contribution is 5.96. The molecule has 10 heteroatoms. The SMILES string of the molecule is CC(C)(C)OC(=O)N1CCC(NC(=O)c2ccc(NC(=O)CCCCCCC(=O)NO)cc2)CC1. The maximum Gasteiger partial charge on any atom is 0.410 e. The smallest absolute Gasteiger partial charge is 0.410 e. The molecule has 1 heterocycles. The minimum Gasteiger partial charge on any atom is -0.444 e. The molecule has 0 aliphatic carbocycles. The summed E-state index contributed by atoms with van der Waals surface area (Å²) in [6.45, 7) is 6.57. The Bertz CT molecular complexity index is 858. The molecule has 4 N–H and O–H groups in total. The van der Waals surface area contributed by atoms with Gasteiger partial charge in [0.2, 0.25) is 11.8 Å². The van der Waals surface area contributed by atoms with Crippen molar-refractivity contribution in [3.8, 4) is 0 Å². The summed E-state index contributed by atoms with van der Waals surface area (Å²) in [4.78, 5) is 49.5. The van der Waals surface area contributed by atoms with Crippen molar-refractivity contribution in [3.05, 3.63) is 29.8 Å². The van der Waals surface area contributed by atoms with Crippen LogP contribution in [0.2, 0.25) is 0 Å². The standard InChI is InChI=1S/C25H38N4O6/c1-25(2,3)35-24(33)29-16-14-20(15-17-29)27-23(32)18-10-12-19(13-11-18)26-21(30)8-6-4-5-7-9-22(31)28-34/h10-13,20,34H,4-9,14-17H2,1-3H3,(H,26,30)(H,27,32)(H,28,31). The van der Waals surface area contributed by atoms with E-state index in [0.717, 1.165) is 12.8 Å². The van der Waals surface area contributed by atoms with E-state index in [1.54, 1.807) is 34.6 Å². The molecule has 1 aromatic rings. The van der Waals surface area contributed by atoms with Gasteiger partial charge in [-0.3, -0.25) is 19.6 Å². The largest absolute Gasteiger partial charge is 0.444 e. The molecular weight excluding hydrogens is 452 g/mol. The number of hydrogen-bond donors (Lipinski definition) is 4. The minimum atomic E-state index is -0.532. The van der Waals surface area contributed by atoms with Gasteiger partial charge in [0.1, 0.15) is 5.60 Å². The van der Waals surface area contributed by atoms with Crippen LogP contribution < -0.4 is 16.1 Å². The maximum atomic E-state index is 12.6. The number of nitrogens with zero attached hydrogens (tertiary/aromatic N) is 1. The van der Waals surface area contributed by atoms with Gasteiger partial charge in [-0.05, 0) is 70.7 Å². The molecule has 10 nitrogen and oxygen atoms in total. The molecule has 194 valence electrons. The lowest BCUT2D eigenvalue weighted by Crippen LogP contribution is -2.47. The lowest BCUT2D eigenvalue weighted by Gasteiger charge is -2.33. The summed E-state index contributed by atoms with van der Waals surface area (Å²) in [7, 11) is 0. The Balaban J connectivity index is 1.68. The van der Waals surface area contributed by atoms with E-state index < -0.39 is 11.5 Å². The molecule has 0 saturated carbocycles. The van der Waals surface area contributed by atoms with Crippen LogP contribution in [0.3, 0.4) is 0 Å². The number of rotatable bonds is 10. The van der Waals surface area contributed by atoms with Crippen LogP contribution in [0.25, 0.3) is 0 Å². The maximum absolute atomic E-state index is 12.6. The summed E-state index contributed by atoms with van der Waals surface area (Å²) in [5, 5.41) is 14.3. The molecule has 1 aliphatic rings. The third-order valence-corrected chi connectivity index (χ3v) is 5.60. The molecule has 0 bridgehead atoms. The first-order valence-corrected chi connectivity index (χ1v) is 12.2. The van der Waals surface area contributed by atoms with Gasteiger partial charge in [0.25, 0.3) is 5.91 Å². The summed E-state index contributed by atoms with van der Waals surface area (Å²) in [6, 6.07) is 6.73. The van der Waals surface area contributed by atoms with Crippen molar-refractivity contribution in [1.29, 1.82) is 0 Å². The number of unbranched alkanes of at least 4 members (excludes halogenated alkanes) is 3. The monoisotopic (exact) mass is 490 g/mol. The van der Waals surface area contributed by atoms with E-state index in [-0.39, 0.29) is 30.4 Å². The molecule has 0 radical (unpaired) electrons. The number of amides is 4. The summed E-state index contributed by atoms with van der Waals surface area (Å²) >= 11 is 0. The molecule has 1 fully saturated rings. The zero-order valence-corrected chi connectivity index (χ0v) is 20.9. The molecule has 35 heavy (non-hydrogen) atoms. The third-order valence-electron chi connectivity index (χ3n) is 5.60. The highest BCUT2D eigenvalue weighted by Crippen LogP contribution is 2.17. The summed E-state index contributed by atoms with van der Waals surface area (Å²) in [6.07, 6.45) is 4.64. The topological polar surface area (TPSA) is 137 Å². The van der Waals surface area contributed by atoms with Crippen molar-refractivity contribution >= 4 is 29.5 Å². The average Bonchev–Trinajstić information content (AvgIpc) is 2.80. The number of hydrogen-bond acceptors (Lipinski definition) is 6. The van der Waals surface area contributed by atoms with Crippen LogP contribution in [0.1, 0.15) is 82.5 Å². The fraction of sp³-hybridized carbons (Fsp3) is 0.600. The van der Waals surface area contributed by atoms with E-state index in [9.17, 15) is 19.2 Å². The molecule has 1 aliphatic heterocycles. The van der Waals surface area contributed by atoms with Gasteiger partial charge in [0.15, 0.2) is 0 Å². The predicted molar refractivity (Wildman–Crippen MR) is 131 cm³/mol. The number of hydroxylamine groups is 1. The van der Waals surface area contributed by atoms with Crippen LogP contribution in [-0.4, -0.2) is 58.7 Å². The van der Waals surface area contributed by atoms with E-state index in [0.29, 0.717) is 56.4 Å². The Morgan fingerprint density at radius 3 is 2.06 bits per heavy atom. The second kappa shape index (κ2) is 13.7. The first-order valence-electron chi connectivity index (χ1n) is 12.2. The van der Waals surface area contributed by atoms with Crippen molar-refractivity contribution in [3.63, 3.8) is 0 Å². The third kappa shape index (κ3) is 10.8. The predicted octanol–water partition coefficient (Wildman–Crippen LogP) is 3.60. The van der Waals surface area contributed by atoms with Crippen molar-refractivity contribution in [2.45, 2.75) is 83.8 Å². The number of ether oxygens (including phenoxy) is 1. The Morgan fingerprint density at radius 1 is 0.943 bits per heavy atom. The molecular formula is C25H38N4O6. The second-order valence-electron chi connectivity index (χ2n) is 9.79. The minimum absolute atomic E-state index is 0.0152. The van der Waals surface area contributed by atoms with Crippen LogP contribution in [-0.2, 0) is 14.3 Å². The number of carbonyl (C=O) groups is 4. The zero-order valence-electron chi connectivity index (χ0n) is 20.9. The van der Waals surface area contributed by atoms with Gasteiger partial charge in [0, 0.05) is 43.2 Å².